The third-order valence-corrected chi connectivity index (χ3v) is 6.32. The van der Waals surface area contributed by atoms with Crippen molar-refractivity contribution in [2.75, 3.05) is 4.90 Å². The van der Waals surface area contributed by atoms with Crippen molar-refractivity contribution >= 4 is 11.7 Å². The number of fused-ring (bicyclic) bond motifs is 1. The lowest BCUT2D eigenvalue weighted by Crippen LogP contribution is -2.24. The topological polar surface area (TPSA) is 103 Å². The molecular weight excluding hydrogens is 390 g/mol. The first-order chi connectivity index (χ1) is 14.9. The summed E-state index contributed by atoms with van der Waals surface area (Å²) in [5, 5.41) is 8.27. The smallest absolute Gasteiger partial charge is 0.260 e. The van der Waals surface area contributed by atoms with Crippen molar-refractivity contribution in [3.63, 3.8) is 0 Å². The van der Waals surface area contributed by atoms with Crippen LogP contribution in [0.3, 0.4) is 0 Å². The van der Waals surface area contributed by atoms with Crippen molar-refractivity contribution in [2.45, 2.75) is 64.6 Å². The SMILES string of the molecule is CCCn1cnnc1-c1cccc(N2Cc3c(cc(C4(C)CC4)nc3[C@@H](C)N)C2=O)n1. The van der Waals surface area contributed by atoms with Gasteiger partial charge < -0.3 is 10.3 Å². The number of aromatic nitrogens is 5. The molecule has 0 saturated heterocycles. The van der Waals surface area contributed by atoms with Crippen LogP contribution in [0.1, 0.15) is 73.4 Å². The molecule has 1 saturated carbocycles. The van der Waals surface area contributed by atoms with Crippen LogP contribution in [-0.2, 0) is 18.5 Å². The van der Waals surface area contributed by atoms with E-state index >= 15 is 0 Å². The highest BCUT2D eigenvalue weighted by Gasteiger charge is 2.43. The summed E-state index contributed by atoms with van der Waals surface area (Å²) in [6.45, 7) is 7.46. The summed E-state index contributed by atoms with van der Waals surface area (Å²) in [5.74, 6) is 1.25. The number of nitrogens with zero attached hydrogens (tertiary/aromatic N) is 6. The first-order valence-electron chi connectivity index (χ1n) is 10.9. The molecule has 160 valence electrons. The highest BCUT2D eigenvalue weighted by molar-refractivity contribution is 6.10. The fraction of sp³-hybridized carbons (Fsp3) is 0.435. The number of nitrogens with two attached hydrogens (primary N) is 1. The average Bonchev–Trinajstić information content (AvgIpc) is 3.19. The molecule has 0 aromatic carbocycles. The standard InChI is InChI=1S/C23H27N7O/c1-4-10-29-13-25-28-21(29)17-6-5-7-19(26-17)30-12-16-15(22(30)31)11-18(23(3)8-9-23)27-20(16)14(2)24/h5-7,11,13-14H,4,8-10,12,24H2,1-3H3/t14-/m1/s1. The third kappa shape index (κ3) is 3.31. The molecule has 1 fully saturated rings. The van der Waals surface area contributed by atoms with E-state index in [0.717, 1.165) is 42.8 Å². The number of amides is 1. The lowest BCUT2D eigenvalue weighted by atomic mass is 9.97. The Labute approximate surface area is 181 Å². The second-order valence-electron chi connectivity index (χ2n) is 8.89. The molecule has 31 heavy (non-hydrogen) atoms. The van der Waals surface area contributed by atoms with Crippen LogP contribution in [0.15, 0.2) is 30.6 Å². The van der Waals surface area contributed by atoms with Crippen LogP contribution in [0, 0.1) is 0 Å². The van der Waals surface area contributed by atoms with Crippen molar-refractivity contribution in [3.05, 3.63) is 53.1 Å². The monoisotopic (exact) mass is 417 g/mol. The van der Waals surface area contributed by atoms with Crippen molar-refractivity contribution in [1.82, 2.24) is 24.7 Å². The zero-order valence-electron chi connectivity index (χ0n) is 18.2. The number of carbonyl (C=O) groups excluding carboxylic acids is 1. The Kier molecular flexibility index (Phi) is 4.62. The predicted molar refractivity (Wildman–Crippen MR) is 117 cm³/mol. The van der Waals surface area contributed by atoms with Crippen molar-refractivity contribution in [2.24, 2.45) is 5.73 Å². The maximum absolute atomic E-state index is 13.4. The highest BCUT2D eigenvalue weighted by atomic mass is 16.2. The van der Waals surface area contributed by atoms with Gasteiger partial charge in [0.2, 0.25) is 0 Å². The van der Waals surface area contributed by atoms with Gasteiger partial charge in [0.15, 0.2) is 5.82 Å². The van der Waals surface area contributed by atoms with Crippen LogP contribution in [0.25, 0.3) is 11.5 Å². The Bertz CT molecular complexity index is 1160. The van der Waals surface area contributed by atoms with Crippen molar-refractivity contribution in [3.8, 4) is 11.5 Å². The summed E-state index contributed by atoms with van der Waals surface area (Å²) in [7, 11) is 0. The molecular formula is C23H27N7O. The van der Waals surface area contributed by atoms with Gasteiger partial charge in [0.25, 0.3) is 5.91 Å². The molecule has 8 heteroatoms. The van der Waals surface area contributed by atoms with Gasteiger partial charge in [-0.3, -0.25) is 14.7 Å². The van der Waals surface area contributed by atoms with Crippen LogP contribution in [-0.4, -0.2) is 30.6 Å². The zero-order valence-corrected chi connectivity index (χ0v) is 18.2. The van der Waals surface area contributed by atoms with Crippen LogP contribution in [0.2, 0.25) is 0 Å². The Morgan fingerprint density at radius 1 is 1.26 bits per heavy atom. The first-order valence-corrected chi connectivity index (χ1v) is 10.9. The lowest BCUT2D eigenvalue weighted by molar-refractivity contribution is 0.0996. The van der Waals surface area contributed by atoms with E-state index in [1.807, 2.05) is 35.8 Å². The van der Waals surface area contributed by atoms with Gasteiger partial charge in [0.1, 0.15) is 17.8 Å². The molecule has 1 atom stereocenters. The summed E-state index contributed by atoms with van der Waals surface area (Å²) < 4.78 is 1.98. The zero-order chi connectivity index (χ0) is 21.8. The van der Waals surface area contributed by atoms with Crippen molar-refractivity contribution < 1.29 is 4.79 Å². The van der Waals surface area contributed by atoms with Crippen LogP contribution in [0.4, 0.5) is 5.82 Å². The predicted octanol–water partition coefficient (Wildman–Crippen LogP) is 3.38. The summed E-state index contributed by atoms with van der Waals surface area (Å²) in [5.41, 5.74) is 10.4. The van der Waals surface area contributed by atoms with Gasteiger partial charge in [0, 0.05) is 34.8 Å². The number of anilines is 1. The van der Waals surface area contributed by atoms with Gasteiger partial charge >= 0.3 is 0 Å². The minimum Gasteiger partial charge on any atom is -0.323 e. The summed E-state index contributed by atoms with van der Waals surface area (Å²) in [4.78, 5) is 24.8. The number of aryl methyl sites for hydroxylation is 1. The molecule has 3 aromatic rings. The fourth-order valence-electron chi connectivity index (χ4n) is 4.19. The number of carbonyl (C=O) groups is 1. The number of hydrogen-bond donors (Lipinski definition) is 1. The van der Waals surface area contributed by atoms with E-state index in [2.05, 4.69) is 24.0 Å². The quantitative estimate of drug-likeness (QED) is 0.660. The Hall–Kier alpha value is -3.13. The molecule has 1 aliphatic heterocycles. The molecule has 8 nitrogen and oxygen atoms in total. The molecule has 0 unspecified atom stereocenters. The molecule has 1 amide bonds. The molecule has 4 heterocycles. The molecule has 2 aliphatic rings. The van der Waals surface area contributed by atoms with E-state index in [4.69, 9.17) is 15.7 Å². The summed E-state index contributed by atoms with van der Waals surface area (Å²) in [6.07, 6.45) is 4.87. The highest BCUT2D eigenvalue weighted by Crippen LogP contribution is 2.48. The Morgan fingerprint density at radius 3 is 2.77 bits per heavy atom. The van der Waals surface area contributed by atoms with Gasteiger partial charge in [-0.05, 0) is 44.4 Å². The molecule has 3 aromatic heterocycles. The fourth-order valence-corrected chi connectivity index (χ4v) is 4.19. The lowest BCUT2D eigenvalue weighted by Gasteiger charge is -2.16. The minimum atomic E-state index is -0.240. The van der Waals surface area contributed by atoms with E-state index in [1.54, 1.807) is 11.2 Å². The second kappa shape index (κ2) is 7.23. The van der Waals surface area contributed by atoms with E-state index in [-0.39, 0.29) is 17.4 Å². The summed E-state index contributed by atoms with van der Waals surface area (Å²) in [6, 6.07) is 7.39. The summed E-state index contributed by atoms with van der Waals surface area (Å²) >= 11 is 0. The van der Waals surface area contributed by atoms with Crippen LogP contribution in [0.5, 0.6) is 0 Å². The molecule has 5 rings (SSSR count). The van der Waals surface area contributed by atoms with Gasteiger partial charge in [-0.25, -0.2) is 4.98 Å². The van der Waals surface area contributed by atoms with Gasteiger partial charge in [-0.2, -0.15) is 0 Å². The van der Waals surface area contributed by atoms with E-state index in [0.29, 0.717) is 29.4 Å². The molecule has 0 bridgehead atoms. The number of pyridine rings is 2. The number of hydrogen-bond acceptors (Lipinski definition) is 6. The second-order valence-corrected chi connectivity index (χ2v) is 8.89. The number of rotatable bonds is 6. The third-order valence-electron chi connectivity index (χ3n) is 6.32. The normalized spacial score (nSPS) is 17.7. The van der Waals surface area contributed by atoms with E-state index in [1.165, 1.54) is 0 Å². The average molecular weight is 418 g/mol. The maximum Gasteiger partial charge on any atom is 0.260 e. The molecule has 1 aliphatic carbocycles. The van der Waals surface area contributed by atoms with Crippen LogP contribution < -0.4 is 10.6 Å². The minimum absolute atomic E-state index is 0.0514. The van der Waals surface area contributed by atoms with Gasteiger partial charge in [-0.1, -0.05) is 19.9 Å². The maximum atomic E-state index is 13.4. The largest absolute Gasteiger partial charge is 0.323 e. The molecule has 2 N–H and O–H groups in total. The first kappa shape index (κ1) is 19.8. The molecule has 0 radical (unpaired) electrons. The Morgan fingerprint density at radius 2 is 2.06 bits per heavy atom. The van der Waals surface area contributed by atoms with Crippen LogP contribution >= 0.6 is 0 Å². The Balaban J connectivity index is 1.53. The van der Waals surface area contributed by atoms with Gasteiger partial charge in [0.05, 0.1) is 12.2 Å². The van der Waals surface area contributed by atoms with Gasteiger partial charge in [-0.15, -0.1) is 10.2 Å². The van der Waals surface area contributed by atoms with E-state index in [9.17, 15) is 4.79 Å². The molecule has 0 spiro atoms. The van der Waals surface area contributed by atoms with Crippen molar-refractivity contribution in [1.29, 1.82) is 0 Å². The van der Waals surface area contributed by atoms with E-state index < -0.39 is 0 Å².